The molecule has 124 valence electrons. The van der Waals surface area contributed by atoms with E-state index in [2.05, 4.69) is 34.2 Å². The Balaban J connectivity index is 1.69. The number of nitrogens with two attached hydrogens (primary N) is 1. The molecule has 0 radical (unpaired) electrons. The monoisotopic (exact) mass is 337 g/mol. The van der Waals surface area contributed by atoms with E-state index in [-0.39, 0.29) is 5.95 Å². The summed E-state index contributed by atoms with van der Waals surface area (Å²) in [6.07, 6.45) is 0. The van der Waals surface area contributed by atoms with Crippen LogP contribution in [0.5, 0.6) is 0 Å². The summed E-state index contributed by atoms with van der Waals surface area (Å²) in [5.74, 6) is 0.242. The number of aromatic nitrogens is 2. The van der Waals surface area contributed by atoms with Gasteiger partial charge in [-0.1, -0.05) is 66.7 Å². The van der Waals surface area contributed by atoms with Crippen LogP contribution in [0.4, 0.5) is 5.95 Å². The number of nitrogen functional groups attached to an aromatic ring is 1. The molecule has 0 atom stereocenters. The van der Waals surface area contributed by atoms with Gasteiger partial charge in [0.1, 0.15) is 16.8 Å². The molecule has 0 aliphatic carbocycles. The molecule has 5 rings (SSSR count). The third kappa shape index (κ3) is 2.31. The molecule has 0 spiro atoms. The Labute approximate surface area is 149 Å². The number of hydrogen-bond acceptors (Lipinski definition) is 4. The number of furan rings is 1. The zero-order valence-electron chi connectivity index (χ0n) is 13.9. The van der Waals surface area contributed by atoms with Gasteiger partial charge in [0.25, 0.3) is 0 Å². The highest BCUT2D eigenvalue weighted by molar-refractivity contribution is 6.06. The Kier molecular flexibility index (Phi) is 3.22. The molecule has 0 aliphatic rings. The summed E-state index contributed by atoms with van der Waals surface area (Å²) < 4.78 is 6.03. The predicted molar refractivity (Wildman–Crippen MR) is 105 cm³/mol. The maximum Gasteiger partial charge on any atom is 0.221 e. The summed E-state index contributed by atoms with van der Waals surface area (Å²) in [4.78, 5) is 8.83. The van der Waals surface area contributed by atoms with Crippen LogP contribution in [0.1, 0.15) is 0 Å². The van der Waals surface area contributed by atoms with Gasteiger partial charge in [-0.15, -0.1) is 0 Å². The summed E-state index contributed by atoms with van der Waals surface area (Å²) in [6.45, 7) is 0. The normalized spacial score (nSPS) is 11.2. The van der Waals surface area contributed by atoms with Crippen LogP contribution in [0.3, 0.4) is 0 Å². The van der Waals surface area contributed by atoms with E-state index < -0.39 is 0 Å². The van der Waals surface area contributed by atoms with Gasteiger partial charge in [-0.2, -0.15) is 0 Å². The van der Waals surface area contributed by atoms with Gasteiger partial charge < -0.3 is 10.2 Å². The van der Waals surface area contributed by atoms with Gasteiger partial charge >= 0.3 is 0 Å². The van der Waals surface area contributed by atoms with Crippen molar-refractivity contribution in [3.05, 3.63) is 78.9 Å². The van der Waals surface area contributed by atoms with E-state index in [1.807, 2.05) is 54.6 Å². The Morgan fingerprint density at radius 2 is 1.31 bits per heavy atom. The SMILES string of the molecule is Nc1nc(-c2ccc(-c3ccccc3)cc2)c2oc3ccccc3c2n1. The average molecular weight is 337 g/mol. The maximum absolute atomic E-state index is 6.03. The van der Waals surface area contributed by atoms with Gasteiger partial charge in [-0.3, -0.25) is 0 Å². The van der Waals surface area contributed by atoms with Crippen LogP contribution in [0, 0.1) is 0 Å². The number of para-hydroxylation sites is 1. The number of nitrogens with zero attached hydrogens (tertiary/aromatic N) is 2. The Morgan fingerprint density at radius 3 is 2.12 bits per heavy atom. The summed E-state index contributed by atoms with van der Waals surface area (Å²) in [6, 6.07) is 26.3. The van der Waals surface area contributed by atoms with Gasteiger partial charge in [0.2, 0.25) is 5.95 Å². The molecule has 0 bridgehead atoms. The van der Waals surface area contributed by atoms with Crippen LogP contribution in [-0.2, 0) is 0 Å². The second kappa shape index (κ2) is 5.70. The fourth-order valence-corrected chi connectivity index (χ4v) is 3.26. The molecular weight excluding hydrogens is 322 g/mol. The third-order valence-electron chi connectivity index (χ3n) is 4.50. The third-order valence-corrected chi connectivity index (χ3v) is 4.50. The summed E-state index contributed by atoms with van der Waals surface area (Å²) >= 11 is 0. The van der Waals surface area contributed by atoms with Crippen molar-refractivity contribution < 1.29 is 4.42 Å². The van der Waals surface area contributed by atoms with Gasteiger partial charge in [0, 0.05) is 10.9 Å². The van der Waals surface area contributed by atoms with Crippen molar-refractivity contribution in [3.8, 4) is 22.4 Å². The summed E-state index contributed by atoms with van der Waals surface area (Å²) in [5.41, 5.74) is 12.1. The maximum atomic E-state index is 6.03. The van der Waals surface area contributed by atoms with Crippen LogP contribution >= 0.6 is 0 Å². The first kappa shape index (κ1) is 14.7. The average Bonchev–Trinajstić information content (AvgIpc) is 3.07. The van der Waals surface area contributed by atoms with Crippen LogP contribution in [-0.4, -0.2) is 9.97 Å². The number of hydrogen-bond donors (Lipinski definition) is 1. The van der Waals surface area contributed by atoms with E-state index in [1.54, 1.807) is 0 Å². The molecular formula is C22H15N3O. The number of rotatable bonds is 2. The van der Waals surface area contributed by atoms with Crippen molar-refractivity contribution in [2.75, 3.05) is 5.73 Å². The van der Waals surface area contributed by atoms with Gasteiger partial charge in [-0.05, 0) is 23.3 Å². The summed E-state index contributed by atoms with van der Waals surface area (Å²) in [7, 11) is 0. The lowest BCUT2D eigenvalue weighted by Crippen LogP contribution is -1.97. The first-order chi connectivity index (χ1) is 12.8. The lowest BCUT2D eigenvalue weighted by Gasteiger charge is -2.05. The molecule has 4 nitrogen and oxygen atoms in total. The van der Waals surface area contributed by atoms with Crippen LogP contribution < -0.4 is 5.73 Å². The molecule has 26 heavy (non-hydrogen) atoms. The Hall–Kier alpha value is -3.66. The first-order valence-electron chi connectivity index (χ1n) is 8.40. The highest BCUT2D eigenvalue weighted by Crippen LogP contribution is 2.34. The molecule has 4 heteroatoms. The Bertz CT molecular complexity index is 1230. The smallest absolute Gasteiger partial charge is 0.221 e. The molecule has 5 aromatic rings. The molecule has 3 aromatic carbocycles. The molecule has 0 aliphatic heterocycles. The topological polar surface area (TPSA) is 64.9 Å². The van der Waals surface area contributed by atoms with Crippen molar-refractivity contribution in [2.24, 2.45) is 0 Å². The Morgan fingerprint density at radius 1 is 0.654 bits per heavy atom. The van der Waals surface area contributed by atoms with E-state index in [0.717, 1.165) is 27.6 Å². The largest absolute Gasteiger partial charge is 0.452 e. The molecule has 0 saturated carbocycles. The van der Waals surface area contributed by atoms with Gasteiger partial charge in [0.15, 0.2) is 5.58 Å². The van der Waals surface area contributed by atoms with Crippen LogP contribution in [0.25, 0.3) is 44.5 Å². The van der Waals surface area contributed by atoms with E-state index >= 15 is 0 Å². The van der Waals surface area contributed by atoms with Crippen molar-refractivity contribution in [2.45, 2.75) is 0 Å². The molecule has 0 unspecified atom stereocenters. The van der Waals surface area contributed by atoms with E-state index in [4.69, 9.17) is 10.2 Å². The van der Waals surface area contributed by atoms with Crippen LogP contribution in [0.2, 0.25) is 0 Å². The number of benzene rings is 3. The fraction of sp³-hybridized carbons (Fsp3) is 0. The van der Waals surface area contributed by atoms with Crippen molar-refractivity contribution in [1.82, 2.24) is 9.97 Å². The summed E-state index contributed by atoms with van der Waals surface area (Å²) in [5, 5.41) is 0.943. The lowest BCUT2D eigenvalue weighted by molar-refractivity contribution is 0.667. The molecule has 2 N–H and O–H groups in total. The minimum absolute atomic E-state index is 0.242. The minimum Gasteiger partial charge on any atom is -0.452 e. The van der Waals surface area contributed by atoms with Crippen molar-refractivity contribution in [1.29, 1.82) is 0 Å². The zero-order valence-corrected chi connectivity index (χ0v) is 13.9. The standard InChI is InChI=1S/C22H15N3O/c23-22-24-19(21-20(25-22)17-8-4-5-9-18(17)26-21)16-12-10-15(11-13-16)14-6-2-1-3-7-14/h1-13H,(H2,23,24,25). The lowest BCUT2D eigenvalue weighted by atomic mass is 10.0. The molecule has 2 heterocycles. The highest BCUT2D eigenvalue weighted by Gasteiger charge is 2.16. The van der Waals surface area contributed by atoms with Crippen LogP contribution in [0.15, 0.2) is 83.3 Å². The quantitative estimate of drug-likeness (QED) is 0.475. The highest BCUT2D eigenvalue weighted by atomic mass is 16.3. The second-order valence-corrected chi connectivity index (χ2v) is 6.15. The minimum atomic E-state index is 0.242. The zero-order chi connectivity index (χ0) is 17.5. The van der Waals surface area contributed by atoms with E-state index in [1.165, 1.54) is 5.56 Å². The molecule has 0 saturated heterocycles. The van der Waals surface area contributed by atoms with Gasteiger partial charge in [-0.25, -0.2) is 9.97 Å². The molecule has 0 amide bonds. The van der Waals surface area contributed by atoms with E-state index in [9.17, 15) is 0 Å². The first-order valence-corrected chi connectivity index (χ1v) is 8.40. The molecule has 0 fully saturated rings. The van der Waals surface area contributed by atoms with Crippen molar-refractivity contribution >= 4 is 28.0 Å². The van der Waals surface area contributed by atoms with Gasteiger partial charge in [0.05, 0.1) is 0 Å². The fourth-order valence-electron chi connectivity index (χ4n) is 3.26. The molecule has 2 aromatic heterocycles. The predicted octanol–water partition coefficient (Wildman–Crippen LogP) is 5.29. The van der Waals surface area contributed by atoms with Crippen molar-refractivity contribution in [3.63, 3.8) is 0 Å². The van der Waals surface area contributed by atoms with E-state index in [0.29, 0.717) is 11.3 Å². The second-order valence-electron chi connectivity index (χ2n) is 6.15. The number of fused-ring (bicyclic) bond motifs is 3. The number of anilines is 1.